The summed E-state index contributed by atoms with van der Waals surface area (Å²) in [7, 11) is 0. The summed E-state index contributed by atoms with van der Waals surface area (Å²) in [5.41, 5.74) is 5.99. The second-order valence-corrected chi connectivity index (χ2v) is 4.88. The number of nitrogens with one attached hydrogen (secondary N) is 2. The fourth-order valence-corrected chi connectivity index (χ4v) is 2.33. The maximum Gasteiger partial charge on any atom is 0.180 e. The molecule has 0 amide bonds. The second kappa shape index (κ2) is 5.80. The molecule has 0 aliphatic rings. The highest BCUT2D eigenvalue weighted by atomic mass is 15.3. The Bertz CT molecular complexity index is 749. The minimum Gasteiger partial charge on any atom is -0.367 e. The molecule has 2 heterocycles. The Labute approximate surface area is 123 Å². The molecule has 0 aliphatic heterocycles. The van der Waals surface area contributed by atoms with Gasteiger partial charge in [0, 0.05) is 18.9 Å². The molecule has 1 aromatic carbocycles. The molecule has 21 heavy (non-hydrogen) atoms. The highest BCUT2D eigenvalue weighted by Crippen LogP contribution is 2.16. The van der Waals surface area contributed by atoms with Crippen molar-refractivity contribution < 1.29 is 0 Å². The summed E-state index contributed by atoms with van der Waals surface area (Å²) in [6.45, 7) is 2.91. The Morgan fingerprint density at radius 3 is 2.95 bits per heavy atom. The van der Waals surface area contributed by atoms with Crippen LogP contribution in [0.5, 0.6) is 0 Å². The van der Waals surface area contributed by atoms with Gasteiger partial charge in [-0.25, -0.2) is 15.8 Å². The quantitative estimate of drug-likeness (QED) is 0.492. The molecule has 0 spiro atoms. The maximum absolute atomic E-state index is 5.44. The number of nitrogens with two attached hydrogens (primary N) is 1. The summed E-state index contributed by atoms with van der Waals surface area (Å²) in [6, 6.07) is 8.39. The van der Waals surface area contributed by atoms with E-state index in [-0.39, 0.29) is 0 Å². The summed E-state index contributed by atoms with van der Waals surface area (Å²) < 4.78 is 1.89. The van der Waals surface area contributed by atoms with Gasteiger partial charge < -0.3 is 15.1 Å². The van der Waals surface area contributed by atoms with Crippen molar-refractivity contribution in [3.63, 3.8) is 0 Å². The second-order valence-electron chi connectivity index (χ2n) is 4.88. The smallest absolute Gasteiger partial charge is 0.180 e. The van der Waals surface area contributed by atoms with Crippen LogP contribution in [0.3, 0.4) is 0 Å². The summed E-state index contributed by atoms with van der Waals surface area (Å²) in [5.74, 6) is 6.77. The van der Waals surface area contributed by atoms with Gasteiger partial charge in [-0.1, -0.05) is 24.3 Å². The molecule has 3 rings (SSSR count). The van der Waals surface area contributed by atoms with E-state index >= 15 is 0 Å². The topological polar surface area (TPSA) is 80.3 Å². The number of rotatable bonds is 5. The van der Waals surface area contributed by atoms with E-state index in [4.69, 9.17) is 5.84 Å². The number of hydrogen-bond donors (Lipinski definition) is 3. The first-order valence-corrected chi connectivity index (χ1v) is 6.86. The lowest BCUT2D eigenvalue weighted by Gasteiger charge is -2.10. The van der Waals surface area contributed by atoms with Crippen molar-refractivity contribution in [2.45, 2.75) is 13.3 Å². The molecule has 0 fully saturated rings. The largest absolute Gasteiger partial charge is 0.367 e. The van der Waals surface area contributed by atoms with Gasteiger partial charge >= 0.3 is 0 Å². The lowest BCUT2D eigenvalue weighted by atomic mass is 10.1. The normalized spacial score (nSPS) is 10.8. The molecular formula is C15H18N6. The average Bonchev–Trinajstić information content (AvgIpc) is 2.97. The zero-order valence-corrected chi connectivity index (χ0v) is 11.9. The fraction of sp³-hybridized carbons (Fsp3) is 0.200. The molecule has 0 atom stereocenters. The molecular weight excluding hydrogens is 264 g/mol. The van der Waals surface area contributed by atoms with Gasteiger partial charge in [-0.05, 0) is 24.5 Å². The Hall–Kier alpha value is -2.60. The van der Waals surface area contributed by atoms with Crippen molar-refractivity contribution in [2.75, 3.05) is 17.3 Å². The predicted octanol–water partition coefficient (Wildman–Crippen LogP) is 1.98. The number of imidazole rings is 1. The van der Waals surface area contributed by atoms with Gasteiger partial charge in [-0.15, -0.1) is 0 Å². The van der Waals surface area contributed by atoms with Gasteiger partial charge in [-0.3, -0.25) is 0 Å². The van der Waals surface area contributed by atoms with E-state index in [0.29, 0.717) is 5.82 Å². The molecule has 4 N–H and O–H groups in total. The number of nitrogens with zero attached hydrogens (tertiary/aromatic N) is 3. The van der Waals surface area contributed by atoms with Gasteiger partial charge in [-0.2, -0.15) is 0 Å². The molecule has 0 unspecified atom stereocenters. The number of anilines is 2. The third-order valence-electron chi connectivity index (χ3n) is 3.47. The molecule has 0 saturated heterocycles. The maximum atomic E-state index is 5.44. The minimum absolute atomic E-state index is 0.596. The first-order valence-electron chi connectivity index (χ1n) is 6.86. The van der Waals surface area contributed by atoms with Crippen LogP contribution in [0.4, 0.5) is 11.6 Å². The van der Waals surface area contributed by atoms with Crippen LogP contribution in [0.1, 0.15) is 11.1 Å². The molecule has 108 valence electrons. The number of benzene rings is 1. The lowest BCUT2D eigenvalue weighted by molar-refractivity contribution is 0.986. The van der Waals surface area contributed by atoms with Gasteiger partial charge in [0.15, 0.2) is 17.3 Å². The molecule has 6 heteroatoms. The van der Waals surface area contributed by atoms with Gasteiger partial charge in [0.25, 0.3) is 0 Å². The number of aromatic nitrogens is 3. The first-order chi connectivity index (χ1) is 10.3. The highest BCUT2D eigenvalue weighted by Gasteiger charge is 2.06. The van der Waals surface area contributed by atoms with Gasteiger partial charge in [0.1, 0.15) is 0 Å². The van der Waals surface area contributed by atoms with Crippen LogP contribution in [-0.2, 0) is 6.42 Å². The van der Waals surface area contributed by atoms with Crippen molar-refractivity contribution >= 4 is 17.3 Å². The van der Waals surface area contributed by atoms with Gasteiger partial charge in [0.05, 0.1) is 6.20 Å². The summed E-state index contributed by atoms with van der Waals surface area (Å²) in [6.07, 6.45) is 6.34. The average molecular weight is 282 g/mol. The Kier molecular flexibility index (Phi) is 3.70. The molecule has 3 aromatic rings. The Morgan fingerprint density at radius 1 is 1.29 bits per heavy atom. The minimum atomic E-state index is 0.596. The Morgan fingerprint density at radius 2 is 2.14 bits per heavy atom. The van der Waals surface area contributed by atoms with Crippen LogP contribution < -0.4 is 16.6 Å². The van der Waals surface area contributed by atoms with Gasteiger partial charge in [0.2, 0.25) is 0 Å². The van der Waals surface area contributed by atoms with Crippen molar-refractivity contribution in [2.24, 2.45) is 5.84 Å². The summed E-state index contributed by atoms with van der Waals surface area (Å²) >= 11 is 0. The fourth-order valence-electron chi connectivity index (χ4n) is 2.33. The standard InChI is InChI=1S/C15H18N6/c1-11-4-2-3-5-12(11)6-7-17-14-15-18-8-9-21(15)10-13(19-14)20-16/h2-5,8-10,20H,6-7,16H2,1H3,(H,17,19). The Balaban J connectivity index is 1.76. The van der Waals surface area contributed by atoms with Crippen molar-refractivity contribution in [1.82, 2.24) is 14.4 Å². The molecule has 0 aliphatic carbocycles. The number of aryl methyl sites for hydroxylation is 1. The number of hydrazine groups is 1. The molecule has 2 aromatic heterocycles. The molecule has 6 nitrogen and oxygen atoms in total. The molecule has 0 bridgehead atoms. The third-order valence-corrected chi connectivity index (χ3v) is 3.47. The SMILES string of the molecule is Cc1ccccc1CCNc1nc(NN)cn2ccnc12. The van der Waals surface area contributed by atoms with E-state index < -0.39 is 0 Å². The van der Waals surface area contributed by atoms with Crippen LogP contribution in [0.2, 0.25) is 0 Å². The van der Waals surface area contributed by atoms with E-state index in [1.54, 1.807) is 12.4 Å². The van der Waals surface area contributed by atoms with Crippen LogP contribution in [0.15, 0.2) is 42.9 Å². The number of hydrogen-bond acceptors (Lipinski definition) is 5. The third kappa shape index (κ3) is 2.80. The zero-order valence-electron chi connectivity index (χ0n) is 11.9. The molecule has 0 saturated carbocycles. The van der Waals surface area contributed by atoms with Crippen LogP contribution >= 0.6 is 0 Å². The monoisotopic (exact) mass is 282 g/mol. The molecule has 0 radical (unpaired) electrons. The highest BCUT2D eigenvalue weighted by molar-refractivity contribution is 5.65. The van der Waals surface area contributed by atoms with Crippen molar-refractivity contribution in [3.8, 4) is 0 Å². The van der Waals surface area contributed by atoms with Crippen molar-refractivity contribution in [1.29, 1.82) is 0 Å². The zero-order chi connectivity index (χ0) is 14.7. The van der Waals surface area contributed by atoms with E-state index in [1.807, 2.05) is 10.6 Å². The predicted molar refractivity (Wildman–Crippen MR) is 84.2 cm³/mol. The van der Waals surface area contributed by atoms with Crippen LogP contribution in [0.25, 0.3) is 5.65 Å². The summed E-state index contributed by atoms with van der Waals surface area (Å²) in [5, 5.41) is 3.33. The number of nitrogen functional groups attached to an aromatic ring is 1. The van der Waals surface area contributed by atoms with Crippen LogP contribution in [0, 0.1) is 6.92 Å². The van der Waals surface area contributed by atoms with E-state index in [2.05, 4.69) is 51.9 Å². The van der Waals surface area contributed by atoms with Crippen molar-refractivity contribution in [3.05, 3.63) is 54.0 Å². The van der Waals surface area contributed by atoms with E-state index in [1.165, 1.54) is 11.1 Å². The van der Waals surface area contributed by atoms with Crippen LogP contribution in [-0.4, -0.2) is 20.9 Å². The summed E-state index contributed by atoms with van der Waals surface area (Å²) in [4.78, 5) is 8.72. The van der Waals surface area contributed by atoms with E-state index in [0.717, 1.165) is 24.4 Å². The number of fused-ring (bicyclic) bond motifs is 1. The van der Waals surface area contributed by atoms with E-state index in [9.17, 15) is 0 Å². The first kappa shape index (κ1) is 13.4. The lowest BCUT2D eigenvalue weighted by Crippen LogP contribution is -2.13.